The minimum Gasteiger partial charge on any atom is -0.462 e. The zero-order valence-corrected chi connectivity index (χ0v) is 37.6. The van der Waals surface area contributed by atoms with Crippen molar-refractivity contribution in [3.63, 3.8) is 0 Å². The van der Waals surface area contributed by atoms with Crippen molar-refractivity contribution < 1.29 is 28.6 Å². The van der Waals surface area contributed by atoms with Crippen LogP contribution in [0.2, 0.25) is 0 Å². The Hall–Kier alpha value is -4.71. The van der Waals surface area contributed by atoms with Crippen molar-refractivity contribution in [3.05, 3.63) is 146 Å². The van der Waals surface area contributed by atoms with E-state index in [4.69, 9.17) is 14.2 Å². The van der Waals surface area contributed by atoms with Gasteiger partial charge < -0.3 is 14.2 Å². The number of hydrogen-bond donors (Lipinski definition) is 0. The minimum absolute atomic E-state index is 0.136. The van der Waals surface area contributed by atoms with Gasteiger partial charge in [0.25, 0.3) is 0 Å². The van der Waals surface area contributed by atoms with Crippen molar-refractivity contribution in [1.82, 2.24) is 0 Å². The summed E-state index contributed by atoms with van der Waals surface area (Å²) in [7, 11) is 0. The summed E-state index contributed by atoms with van der Waals surface area (Å²) in [4.78, 5) is 37.7. The molecule has 6 heteroatoms. The average Bonchev–Trinajstić information content (AvgIpc) is 3.24. The van der Waals surface area contributed by atoms with Crippen molar-refractivity contribution in [3.8, 4) is 0 Å². The molecule has 0 aromatic rings. The molecule has 0 bridgehead atoms. The first-order valence-corrected chi connectivity index (χ1v) is 23.0. The first-order chi connectivity index (χ1) is 29.5. The molecule has 1 atom stereocenters. The molecule has 0 spiro atoms. The molecule has 0 fully saturated rings. The van der Waals surface area contributed by atoms with E-state index in [9.17, 15) is 14.4 Å². The van der Waals surface area contributed by atoms with Gasteiger partial charge in [-0.3, -0.25) is 14.4 Å². The third-order valence-electron chi connectivity index (χ3n) is 8.81. The normalized spacial score (nSPS) is 13.4. The number of hydrogen-bond acceptors (Lipinski definition) is 6. The Morgan fingerprint density at radius 3 is 1.17 bits per heavy atom. The smallest absolute Gasteiger partial charge is 0.306 e. The van der Waals surface area contributed by atoms with Crippen LogP contribution in [-0.2, 0) is 28.6 Å². The quantitative estimate of drug-likeness (QED) is 0.0267. The zero-order chi connectivity index (χ0) is 43.7. The van der Waals surface area contributed by atoms with Crippen molar-refractivity contribution in [2.75, 3.05) is 13.2 Å². The van der Waals surface area contributed by atoms with Gasteiger partial charge in [0.2, 0.25) is 0 Å². The van der Waals surface area contributed by atoms with Crippen LogP contribution in [0.3, 0.4) is 0 Å². The van der Waals surface area contributed by atoms with Gasteiger partial charge in [0.15, 0.2) is 6.10 Å². The number of esters is 3. The van der Waals surface area contributed by atoms with Gasteiger partial charge >= 0.3 is 17.9 Å². The lowest BCUT2D eigenvalue weighted by Gasteiger charge is -2.18. The second kappa shape index (κ2) is 47.0. The SMILES string of the molecule is CC\C=C/C=C\C=C/C=C\C=C/CCCC(=O)OC(COC(=O)CCCCC/C=C\C=C/CCCC)COC(=O)CCCCCCC\C=C/C=C\C=C/C=C\C=C/CCC. The van der Waals surface area contributed by atoms with E-state index in [0.717, 1.165) is 83.5 Å². The summed E-state index contributed by atoms with van der Waals surface area (Å²) in [6, 6.07) is 0. The molecule has 0 rings (SSSR count). The Balaban J connectivity index is 4.60. The third kappa shape index (κ3) is 44.4. The summed E-state index contributed by atoms with van der Waals surface area (Å²) in [5, 5.41) is 0. The molecule has 1 unspecified atom stereocenters. The van der Waals surface area contributed by atoms with Crippen molar-refractivity contribution in [1.29, 1.82) is 0 Å². The molecule has 0 heterocycles. The van der Waals surface area contributed by atoms with E-state index in [0.29, 0.717) is 25.7 Å². The Morgan fingerprint density at radius 2 is 0.700 bits per heavy atom. The van der Waals surface area contributed by atoms with E-state index in [-0.39, 0.29) is 31.6 Å². The van der Waals surface area contributed by atoms with Gasteiger partial charge in [-0.15, -0.1) is 0 Å². The van der Waals surface area contributed by atoms with E-state index in [1.165, 1.54) is 19.3 Å². The summed E-state index contributed by atoms with van der Waals surface area (Å²) < 4.78 is 16.6. The van der Waals surface area contributed by atoms with Crippen LogP contribution in [0.25, 0.3) is 0 Å². The van der Waals surface area contributed by atoms with Crippen LogP contribution in [0.15, 0.2) is 146 Å². The van der Waals surface area contributed by atoms with Gasteiger partial charge in [0, 0.05) is 19.3 Å². The molecule has 0 saturated carbocycles. The van der Waals surface area contributed by atoms with Crippen LogP contribution in [0, 0.1) is 0 Å². The molecule has 60 heavy (non-hydrogen) atoms. The van der Waals surface area contributed by atoms with Gasteiger partial charge in [0.1, 0.15) is 13.2 Å². The Labute approximate surface area is 366 Å². The second-order valence-corrected chi connectivity index (χ2v) is 14.5. The van der Waals surface area contributed by atoms with E-state index in [2.05, 4.69) is 75.5 Å². The second-order valence-electron chi connectivity index (χ2n) is 14.5. The van der Waals surface area contributed by atoms with Gasteiger partial charge in [-0.05, 0) is 70.6 Å². The standard InChI is InChI=1S/C54H80O6/c1-4-7-10-13-16-19-22-24-25-26-27-28-30-32-35-38-41-44-47-53(56)59-50-51(49-58-52(55)46-43-40-37-34-31-21-18-15-12-9-6-3)60-54(57)48-45-42-39-36-33-29-23-20-17-14-11-8-5-2/h8,10-11,13-29,31,33,36,39,51H,4-7,9,12,30,32,34-35,37-38,40-50H2,1-3H3/b11-8-,13-10-,17-14-,18-15-,19-16-,23-20-,24-22-,26-25-,28-27-,31-21-,33-29-,39-36-. The zero-order valence-electron chi connectivity index (χ0n) is 37.6. The highest BCUT2D eigenvalue weighted by Gasteiger charge is 2.19. The van der Waals surface area contributed by atoms with E-state index < -0.39 is 12.1 Å². The fraction of sp³-hybridized carbons (Fsp3) is 0.500. The summed E-state index contributed by atoms with van der Waals surface area (Å²) in [6.07, 6.45) is 66.9. The first kappa shape index (κ1) is 55.3. The number of allylic oxidation sites excluding steroid dienone is 24. The number of carbonyl (C=O) groups excluding carboxylic acids is 3. The topological polar surface area (TPSA) is 78.9 Å². The summed E-state index contributed by atoms with van der Waals surface area (Å²) in [5.74, 6) is -1.08. The molecule has 6 nitrogen and oxygen atoms in total. The first-order valence-electron chi connectivity index (χ1n) is 23.0. The highest BCUT2D eigenvalue weighted by molar-refractivity contribution is 5.71. The van der Waals surface area contributed by atoms with Crippen LogP contribution in [0.4, 0.5) is 0 Å². The highest BCUT2D eigenvalue weighted by atomic mass is 16.6. The number of carbonyl (C=O) groups is 3. The van der Waals surface area contributed by atoms with Crippen LogP contribution < -0.4 is 0 Å². The maximum absolute atomic E-state index is 12.7. The lowest BCUT2D eigenvalue weighted by atomic mass is 10.1. The van der Waals surface area contributed by atoms with Gasteiger partial charge in [-0.2, -0.15) is 0 Å². The summed E-state index contributed by atoms with van der Waals surface area (Å²) >= 11 is 0. The Bertz CT molecular complexity index is 1410. The summed E-state index contributed by atoms with van der Waals surface area (Å²) in [5.41, 5.74) is 0. The Morgan fingerprint density at radius 1 is 0.350 bits per heavy atom. The van der Waals surface area contributed by atoms with Crippen molar-refractivity contribution >= 4 is 17.9 Å². The molecule has 0 aliphatic heterocycles. The molecule has 0 aromatic carbocycles. The maximum Gasteiger partial charge on any atom is 0.306 e. The molecular weight excluding hydrogens is 745 g/mol. The average molecular weight is 825 g/mol. The molecule has 0 saturated heterocycles. The fourth-order valence-corrected chi connectivity index (χ4v) is 5.36. The van der Waals surface area contributed by atoms with E-state index in [1.807, 2.05) is 91.1 Å². The van der Waals surface area contributed by atoms with Crippen molar-refractivity contribution in [2.45, 2.75) is 162 Å². The molecule has 0 aliphatic carbocycles. The van der Waals surface area contributed by atoms with Crippen LogP contribution in [0.5, 0.6) is 0 Å². The summed E-state index contributed by atoms with van der Waals surface area (Å²) in [6.45, 7) is 6.19. The van der Waals surface area contributed by atoms with Gasteiger partial charge in [-0.25, -0.2) is 0 Å². The number of ether oxygens (including phenoxy) is 3. The molecular formula is C54H80O6. The van der Waals surface area contributed by atoms with Crippen LogP contribution >= 0.6 is 0 Å². The molecule has 0 aliphatic rings. The largest absolute Gasteiger partial charge is 0.462 e. The molecule has 0 radical (unpaired) electrons. The lowest BCUT2D eigenvalue weighted by Crippen LogP contribution is -2.30. The van der Waals surface area contributed by atoms with Crippen molar-refractivity contribution in [2.24, 2.45) is 0 Å². The minimum atomic E-state index is -0.841. The molecule has 0 N–H and O–H groups in total. The predicted octanol–water partition coefficient (Wildman–Crippen LogP) is 14.9. The number of unbranched alkanes of at least 4 members (excludes halogenated alkanes) is 12. The van der Waals surface area contributed by atoms with E-state index >= 15 is 0 Å². The third-order valence-corrected chi connectivity index (χ3v) is 8.81. The molecule has 0 aromatic heterocycles. The maximum atomic E-state index is 12.7. The van der Waals surface area contributed by atoms with E-state index in [1.54, 1.807) is 0 Å². The van der Waals surface area contributed by atoms with Gasteiger partial charge in [0.05, 0.1) is 0 Å². The lowest BCUT2D eigenvalue weighted by molar-refractivity contribution is -0.167. The Kier molecular flexibility index (Phi) is 43.3. The van der Waals surface area contributed by atoms with Crippen LogP contribution in [-0.4, -0.2) is 37.2 Å². The molecule has 332 valence electrons. The number of rotatable bonds is 38. The monoisotopic (exact) mass is 825 g/mol. The van der Waals surface area contributed by atoms with Crippen LogP contribution in [0.1, 0.15) is 156 Å². The molecule has 0 amide bonds. The highest BCUT2D eigenvalue weighted by Crippen LogP contribution is 2.11. The predicted molar refractivity (Wildman–Crippen MR) is 255 cm³/mol. The fourth-order valence-electron chi connectivity index (χ4n) is 5.36. The van der Waals surface area contributed by atoms with Gasteiger partial charge in [-0.1, -0.05) is 212 Å².